The molecule has 1 aliphatic carbocycles. The minimum absolute atomic E-state index is 0.0739. The van der Waals surface area contributed by atoms with Gasteiger partial charge in [-0.3, -0.25) is 19.5 Å². The Bertz CT molecular complexity index is 1820. The van der Waals surface area contributed by atoms with Crippen molar-refractivity contribution < 1.29 is 19.1 Å². The number of benzene rings is 1. The summed E-state index contributed by atoms with van der Waals surface area (Å²) in [6.45, 7) is 7.18. The van der Waals surface area contributed by atoms with E-state index in [4.69, 9.17) is 14.5 Å². The standard InChI is InChI=1S/C40H48N4O4/c1-27(45)47-34-16-13-15-30-31-17-20-41-36(37(31)42-35(30)34)32-25-40(48-28(2)46)19-10-6-3-4-7-11-21-43-23-18-33(32)39(26-43)24-29-14-9-5-8-12-22-44(29)38(39)40/h3,6,9,13-17,20,25,29,33,38,42H,4-5,7-8,10-12,18-19,21-24,26H2,1-2H3/b6-3-,14-9-/t29-,33?,38+,39-,40-/m0/s1. The molecular formula is C40H48N4O4. The highest BCUT2D eigenvalue weighted by Crippen LogP contribution is 2.62. The molecule has 1 spiro atoms. The second-order valence-electron chi connectivity index (χ2n) is 14.8. The van der Waals surface area contributed by atoms with Gasteiger partial charge in [0.25, 0.3) is 0 Å². The summed E-state index contributed by atoms with van der Waals surface area (Å²) in [6, 6.07) is 8.27. The van der Waals surface area contributed by atoms with Crippen molar-refractivity contribution in [3.05, 3.63) is 66.5 Å². The van der Waals surface area contributed by atoms with Gasteiger partial charge in [0.1, 0.15) is 5.60 Å². The maximum absolute atomic E-state index is 13.3. The molecule has 2 fully saturated rings. The Labute approximate surface area is 283 Å². The van der Waals surface area contributed by atoms with Gasteiger partial charge in [-0.2, -0.15) is 0 Å². The number of hydrogen-bond acceptors (Lipinski definition) is 7. The molecule has 3 aromatic rings. The van der Waals surface area contributed by atoms with Crippen molar-refractivity contribution in [2.75, 3.05) is 26.2 Å². The molecule has 8 rings (SSSR count). The van der Waals surface area contributed by atoms with Crippen molar-refractivity contribution in [3.63, 3.8) is 0 Å². The molecule has 4 aliphatic heterocycles. The van der Waals surface area contributed by atoms with Crippen LogP contribution in [-0.2, 0) is 14.3 Å². The molecule has 5 aliphatic rings. The zero-order valence-electron chi connectivity index (χ0n) is 28.4. The average molecular weight is 649 g/mol. The van der Waals surface area contributed by atoms with Gasteiger partial charge >= 0.3 is 11.9 Å². The van der Waals surface area contributed by atoms with Crippen LogP contribution in [0.5, 0.6) is 5.75 Å². The van der Waals surface area contributed by atoms with Crippen LogP contribution < -0.4 is 4.74 Å². The van der Waals surface area contributed by atoms with Gasteiger partial charge in [0.2, 0.25) is 0 Å². The summed E-state index contributed by atoms with van der Waals surface area (Å²) in [7, 11) is 0. The second-order valence-corrected chi connectivity index (χ2v) is 14.8. The van der Waals surface area contributed by atoms with E-state index in [1.54, 1.807) is 6.92 Å². The van der Waals surface area contributed by atoms with E-state index in [2.05, 4.69) is 51.2 Å². The summed E-state index contributed by atoms with van der Waals surface area (Å²) in [5.41, 5.74) is 2.92. The molecule has 8 nitrogen and oxygen atoms in total. The predicted molar refractivity (Wildman–Crippen MR) is 188 cm³/mol. The molecule has 2 saturated heterocycles. The van der Waals surface area contributed by atoms with Gasteiger partial charge in [0, 0.05) is 48.8 Å². The minimum atomic E-state index is -0.806. The number of esters is 2. The van der Waals surface area contributed by atoms with Gasteiger partial charge in [0.15, 0.2) is 5.75 Å². The molecule has 0 amide bonds. The summed E-state index contributed by atoms with van der Waals surface area (Å²) in [5.74, 6) is 0.191. The second kappa shape index (κ2) is 12.6. The number of allylic oxidation sites excluding steroid dienone is 4. The third-order valence-electron chi connectivity index (χ3n) is 11.8. The van der Waals surface area contributed by atoms with Crippen LogP contribution >= 0.6 is 0 Å². The molecule has 48 heavy (non-hydrogen) atoms. The summed E-state index contributed by atoms with van der Waals surface area (Å²) < 4.78 is 12.4. The number of hydrogen-bond donors (Lipinski definition) is 1. The van der Waals surface area contributed by atoms with E-state index in [1.807, 2.05) is 24.4 Å². The molecule has 2 unspecified atom stereocenters. The zero-order valence-corrected chi connectivity index (χ0v) is 28.4. The first-order valence-corrected chi connectivity index (χ1v) is 18.2. The lowest BCUT2D eigenvalue weighted by Crippen LogP contribution is -2.66. The fraction of sp³-hybridized carbons (Fsp3) is 0.525. The van der Waals surface area contributed by atoms with Crippen LogP contribution in [0.15, 0.2) is 60.8 Å². The number of rotatable bonds is 3. The number of piperidine rings is 1. The molecule has 3 bridgehead atoms. The van der Waals surface area contributed by atoms with E-state index in [-0.39, 0.29) is 29.3 Å². The van der Waals surface area contributed by atoms with Crippen LogP contribution in [0.3, 0.4) is 0 Å². The molecule has 2 aromatic heterocycles. The van der Waals surface area contributed by atoms with Crippen LogP contribution in [0.2, 0.25) is 0 Å². The SMILES string of the molecule is CC(=O)Oc1cccc2c1[nH]c1c(C3=C[C@@]4(OC(C)=O)CC/C=C\CCCCN5CCC3[C@]3(C[C@@H]6/C=C\CCCCN6[C@H]34)C5)nccc12. The van der Waals surface area contributed by atoms with Gasteiger partial charge in [-0.15, -0.1) is 0 Å². The first-order chi connectivity index (χ1) is 23.4. The number of aromatic amines is 1. The third kappa shape index (κ3) is 5.32. The van der Waals surface area contributed by atoms with Gasteiger partial charge in [-0.25, -0.2) is 0 Å². The van der Waals surface area contributed by atoms with Crippen LogP contribution in [0.25, 0.3) is 27.4 Å². The van der Waals surface area contributed by atoms with Crippen molar-refractivity contribution in [1.29, 1.82) is 0 Å². The number of nitrogens with zero attached hydrogens (tertiary/aromatic N) is 3. The number of nitrogens with one attached hydrogen (secondary N) is 1. The summed E-state index contributed by atoms with van der Waals surface area (Å²) in [4.78, 5) is 39.6. The lowest BCUT2D eigenvalue weighted by Gasteiger charge is -2.58. The smallest absolute Gasteiger partial charge is 0.308 e. The van der Waals surface area contributed by atoms with Crippen molar-refractivity contribution in [1.82, 2.24) is 19.8 Å². The summed E-state index contributed by atoms with van der Waals surface area (Å²) in [6.07, 6.45) is 24.4. The lowest BCUT2D eigenvalue weighted by atomic mass is 9.54. The molecular weight excluding hydrogens is 600 g/mol. The summed E-state index contributed by atoms with van der Waals surface area (Å²) in [5, 5.41) is 2.04. The average Bonchev–Trinajstić information content (AvgIpc) is 3.57. The maximum atomic E-state index is 13.3. The molecule has 6 heterocycles. The Morgan fingerprint density at radius 3 is 2.58 bits per heavy atom. The van der Waals surface area contributed by atoms with E-state index in [0.29, 0.717) is 11.8 Å². The molecule has 8 heteroatoms. The Balaban J connectivity index is 1.38. The van der Waals surface area contributed by atoms with E-state index in [0.717, 1.165) is 98.6 Å². The number of carbonyl (C=O) groups is 2. The Kier molecular flexibility index (Phi) is 8.28. The predicted octanol–water partition coefficient (Wildman–Crippen LogP) is 7.35. The van der Waals surface area contributed by atoms with Crippen molar-refractivity contribution in [3.8, 4) is 5.75 Å². The van der Waals surface area contributed by atoms with Crippen molar-refractivity contribution in [2.24, 2.45) is 11.3 Å². The molecule has 1 N–H and O–H groups in total. The first-order valence-electron chi connectivity index (χ1n) is 18.2. The van der Waals surface area contributed by atoms with E-state index < -0.39 is 5.60 Å². The number of carbonyl (C=O) groups excluding carboxylic acids is 2. The zero-order chi connectivity index (χ0) is 32.9. The Hall–Kier alpha value is -3.75. The minimum Gasteiger partial charge on any atom is -0.453 e. The van der Waals surface area contributed by atoms with E-state index in [9.17, 15) is 9.59 Å². The number of pyridine rings is 1. The number of H-pyrrole nitrogens is 1. The van der Waals surface area contributed by atoms with Crippen LogP contribution in [-0.4, -0.2) is 75.6 Å². The number of aromatic nitrogens is 2. The van der Waals surface area contributed by atoms with Gasteiger partial charge in [0.05, 0.1) is 22.8 Å². The van der Waals surface area contributed by atoms with Crippen LogP contribution in [0.4, 0.5) is 0 Å². The van der Waals surface area contributed by atoms with E-state index in [1.165, 1.54) is 31.8 Å². The van der Waals surface area contributed by atoms with Gasteiger partial charge in [-0.1, -0.05) is 36.4 Å². The molecule has 252 valence electrons. The van der Waals surface area contributed by atoms with Crippen LogP contribution in [0, 0.1) is 11.3 Å². The van der Waals surface area contributed by atoms with Gasteiger partial charge < -0.3 is 19.4 Å². The largest absolute Gasteiger partial charge is 0.453 e. The number of ether oxygens (including phenoxy) is 2. The highest BCUT2D eigenvalue weighted by atomic mass is 16.6. The van der Waals surface area contributed by atoms with E-state index >= 15 is 0 Å². The highest BCUT2D eigenvalue weighted by Gasteiger charge is 2.67. The van der Waals surface area contributed by atoms with Crippen molar-refractivity contribution in [2.45, 2.75) is 95.7 Å². The van der Waals surface area contributed by atoms with Crippen LogP contribution in [0.1, 0.15) is 83.7 Å². The third-order valence-corrected chi connectivity index (χ3v) is 11.8. The monoisotopic (exact) mass is 648 g/mol. The Morgan fingerprint density at radius 2 is 1.73 bits per heavy atom. The normalized spacial score (nSPS) is 33.6. The molecule has 6 atom stereocenters. The molecule has 0 radical (unpaired) electrons. The number of para-hydroxylation sites is 1. The topological polar surface area (TPSA) is 87.8 Å². The Morgan fingerprint density at radius 1 is 0.917 bits per heavy atom. The fourth-order valence-corrected chi connectivity index (χ4v) is 10.2. The van der Waals surface area contributed by atoms with Gasteiger partial charge in [-0.05, 0) is 114 Å². The van der Waals surface area contributed by atoms with Crippen molar-refractivity contribution >= 4 is 39.3 Å². The fourth-order valence-electron chi connectivity index (χ4n) is 10.2. The molecule has 1 aromatic carbocycles. The number of fused-ring (bicyclic) bond motifs is 5. The summed E-state index contributed by atoms with van der Waals surface area (Å²) >= 11 is 0. The lowest BCUT2D eigenvalue weighted by molar-refractivity contribution is -0.168. The quantitative estimate of drug-likeness (QED) is 0.181. The maximum Gasteiger partial charge on any atom is 0.308 e. The highest BCUT2D eigenvalue weighted by molar-refractivity contribution is 6.11. The molecule has 0 saturated carbocycles. The first kappa shape index (κ1) is 31.5.